The van der Waals surface area contributed by atoms with Crippen LogP contribution in [0, 0.1) is 11.2 Å². The lowest BCUT2D eigenvalue weighted by molar-refractivity contribution is -0.115. The Morgan fingerprint density at radius 2 is 2.00 bits per heavy atom. The number of nitrogens with one attached hydrogen (secondary N) is 2. The summed E-state index contributed by atoms with van der Waals surface area (Å²) in [5, 5.41) is 10.3. The minimum Gasteiger partial charge on any atom is -0.489 e. The molecule has 3 rings (SSSR count). The van der Waals surface area contributed by atoms with Crippen LogP contribution in [0.3, 0.4) is 0 Å². The smallest absolute Gasteiger partial charge is 0.264 e. The number of amides is 1. The van der Waals surface area contributed by atoms with Crippen LogP contribution < -0.4 is 10.1 Å². The van der Waals surface area contributed by atoms with E-state index in [4.69, 9.17) is 21.7 Å². The maximum Gasteiger partial charge on any atom is 0.264 e. The molecule has 1 amide bonds. The summed E-state index contributed by atoms with van der Waals surface area (Å²) < 4.78 is 19.2. The van der Waals surface area contributed by atoms with Gasteiger partial charge in [-0.3, -0.25) is 10.2 Å². The van der Waals surface area contributed by atoms with Crippen molar-refractivity contribution >= 4 is 40.5 Å². The van der Waals surface area contributed by atoms with Gasteiger partial charge in [-0.2, -0.15) is 0 Å². The number of hydrogen-bond donors (Lipinski definition) is 2. The third-order valence-corrected chi connectivity index (χ3v) is 4.47. The Balaban J connectivity index is 1.68. The van der Waals surface area contributed by atoms with Crippen LogP contribution in [-0.4, -0.2) is 11.1 Å². The average Bonchev–Trinajstić information content (AvgIpc) is 2.86. The van der Waals surface area contributed by atoms with Crippen LogP contribution in [-0.2, 0) is 11.4 Å². The van der Waals surface area contributed by atoms with E-state index in [-0.39, 0.29) is 17.7 Å². The summed E-state index contributed by atoms with van der Waals surface area (Å²) in [5.41, 5.74) is 1.11. The zero-order valence-electron chi connectivity index (χ0n) is 12.3. The van der Waals surface area contributed by atoms with Gasteiger partial charge in [0.1, 0.15) is 18.2 Å². The first-order valence-corrected chi connectivity index (χ1v) is 8.17. The van der Waals surface area contributed by atoms with Crippen molar-refractivity contribution in [1.29, 1.82) is 5.41 Å². The van der Waals surface area contributed by atoms with Gasteiger partial charge in [0, 0.05) is 5.56 Å². The minimum atomic E-state index is -0.407. The van der Waals surface area contributed by atoms with Crippen LogP contribution in [0.15, 0.2) is 47.4 Å². The van der Waals surface area contributed by atoms with Crippen molar-refractivity contribution < 1.29 is 13.9 Å². The van der Waals surface area contributed by atoms with Crippen molar-refractivity contribution in [3.63, 3.8) is 0 Å². The first kappa shape index (κ1) is 16.5. The van der Waals surface area contributed by atoms with Crippen molar-refractivity contribution in [2.45, 2.75) is 6.61 Å². The SMILES string of the molecule is N=C1NC(=O)C(=Cc2ccc(OCc3c(F)cccc3Cl)cc2)S1. The van der Waals surface area contributed by atoms with Gasteiger partial charge in [0.2, 0.25) is 0 Å². The molecule has 1 aliphatic rings. The van der Waals surface area contributed by atoms with Gasteiger partial charge in [-0.05, 0) is 47.7 Å². The zero-order chi connectivity index (χ0) is 17.1. The highest BCUT2D eigenvalue weighted by molar-refractivity contribution is 8.18. The van der Waals surface area contributed by atoms with Crippen molar-refractivity contribution in [1.82, 2.24) is 5.32 Å². The topological polar surface area (TPSA) is 62.2 Å². The number of amidine groups is 1. The number of thioether (sulfide) groups is 1. The van der Waals surface area contributed by atoms with Gasteiger partial charge in [-0.15, -0.1) is 0 Å². The zero-order valence-corrected chi connectivity index (χ0v) is 13.9. The van der Waals surface area contributed by atoms with E-state index in [1.165, 1.54) is 6.07 Å². The van der Waals surface area contributed by atoms with Crippen molar-refractivity contribution in [2.75, 3.05) is 0 Å². The Hall–Kier alpha value is -2.31. The molecule has 0 radical (unpaired) electrons. The third kappa shape index (κ3) is 3.77. The van der Waals surface area contributed by atoms with E-state index in [2.05, 4.69) is 5.32 Å². The Morgan fingerprint density at radius 1 is 1.25 bits per heavy atom. The first-order chi connectivity index (χ1) is 11.5. The molecule has 1 fully saturated rings. The second kappa shape index (κ2) is 7.07. The van der Waals surface area contributed by atoms with Crippen LogP contribution in [0.2, 0.25) is 5.02 Å². The highest BCUT2D eigenvalue weighted by Gasteiger charge is 2.22. The van der Waals surface area contributed by atoms with Gasteiger partial charge in [0.05, 0.1) is 9.93 Å². The molecule has 2 aromatic carbocycles. The summed E-state index contributed by atoms with van der Waals surface area (Å²) in [6.45, 7) is 0.0291. The van der Waals surface area contributed by atoms with Gasteiger partial charge >= 0.3 is 0 Å². The molecule has 1 heterocycles. The summed E-state index contributed by atoms with van der Waals surface area (Å²) >= 11 is 7.04. The Bertz CT molecular complexity index is 817. The summed E-state index contributed by atoms with van der Waals surface area (Å²) in [5.74, 6) is -0.122. The molecule has 2 aromatic rings. The fourth-order valence-corrected chi connectivity index (χ4v) is 3.00. The molecule has 0 spiro atoms. The molecule has 122 valence electrons. The normalized spacial score (nSPS) is 15.7. The number of carbonyl (C=O) groups excluding carboxylic acids is 1. The number of ether oxygens (including phenoxy) is 1. The van der Waals surface area contributed by atoms with E-state index < -0.39 is 5.82 Å². The summed E-state index contributed by atoms with van der Waals surface area (Å²) in [6.07, 6.45) is 1.69. The molecular formula is C17H12ClFN2O2S. The molecule has 0 unspecified atom stereocenters. The van der Waals surface area contributed by atoms with Crippen LogP contribution in [0.1, 0.15) is 11.1 Å². The lowest BCUT2D eigenvalue weighted by Crippen LogP contribution is -2.18. The number of carbonyl (C=O) groups is 1. The number of halogens is 2. The molecule has 2 N–H and O–H groups in total. The highest BCUT2D eigenvalue weighted by atomic mass is 35.5. The maximum absolute atomic E-state index is 13.7. The van der Waals surface area contributed by atoms with Gasteiger partial charge in [0.15, 0.2) is 5.17 Å². The van der Waals surface area contributed by atoms with Crippen LogP contribution in [0.5, 0.6) is 5.75 Å². The fourth-order valence-electron chi connectivity index (χ4n) is 2.08. The van der Waals surface area contributed by atoms with Crippen molar-refractivity contribution in [2.24, 2.45) is 0 Å². The molecule has 0 aliphatic carbocycles. The molecule has 0 aromatic heterocycles. The average molecular weight is 363 g/mol. The van der Waals surface area contributed by atoms with E-state index in [0.29, 0.717) is 21.2 Å². The molecule has 0 saturated carbocycles. The molecule has 4 nitrogen and oxygen atoms in total. The molecule has 0 bridgehead atoms. The number of benzene rings is 2. The van der Waals surface area contributed by atoms with Gasteiger partial charge in [-0.25, -0.2) is 4.39 Å². The Labute approximate surface area is 147 Å². The summed E-state index contributed by atoms with van der Waals surface area (Å²) in [6, 6.07) is 11.5. The van der Waals surface area contributed by atoms with E-state index in [1.807, 2.05) is 0 Å². The molecule has 0 atom stereocenters. The third-order valence-electron chi connectivity index (χ3n) is 3.29. The molecule has 1 aliphatic heterocycles. The van der Waals surface area contributed by atoms with E-state index in [9.17, 15) is 9.18 Å². The van der Waals surface area contributed by atoms with E-state index in [0.717, 1.165) is 17.3 Å². The van der Waals surface area contributed by atoms with E-state index >= 15 is 0 Å². The summed E-state index contributed by atoms with van der Waals surface area (Å²) in [4.78, 5) is 12.0. The van der Waals surface area contributed by atoms with Crippen molar-refractivity contribution in [3.05, 3.63) is 69.3 Å². The lowest BCUT2D eigenvalue weighted by atomic mass is 10.2. The fraction of sp³-hybridized carbons (Fsp3) is 0.0588. The maximum atomic E-state index is 13.7. The highest BCUT2D eigenvalue weighted by Crippen LogP contribution is 2.26. The van der Waals surface area contributed by atoms with Crippen LogP contribution >= 0.6 is 23.4 Å². The second-order valence-electron chi connectivity index (χ2n) is 4.95. The van der Waals surface area contributed by atoms with Crippen LogP contribution in [0.4, 0.5) is 4.39 Å². The van der Waals surface area contributed by atoms with Crippen molar-refractivity contribution in [3.8, 4) is 5.75 Å². The lowest BCUT2D eigenvalue weighted by Gasteiger charge is -2.09. The number of rotatable bonds is 4. The van der Waals surface area contributed by atoms with Gasteiger partial charge in [-0.1, -0.05) is 29.8 Å². The van der Waals surface area contributed by atoms with Crippen LogP contribution in [0.25, 0.3) is 6.08 Å². The number of hydrogen-bond acceptors (Lipinski definition) is 4. The summed E-state index contributed by atoms with van der Waals surface area (Å²) in [7, 11) is 0. The Morgan fingerprint density at radius 3 is 2.62 bits per heavy atom. The minimum absolute atomic E-state index is 0.0291. The molecule has 7 heteroatoms. The molecular weight excluding hydrogens is 351 g/mol. The molecule has 1 saturated heterocycles. The Kier molecular flexibility index (Phi) is 4.87. The molecule has 24 heavy (non-hydrogen) atoms. The van der Waals surface area contributed by atoms with Gasteiger partial charge in [0.25, 0.3) is 5.91 Å². The largest absolute Gasteiger partial charge is 0.489 e. The monoisotopic (exact) mass is 362 g/mol. The predicted octanol–water partition coefficient (Wildman–Crippen LogP) is 4.20. The van der Waals surface area contributed by atoms with Gasteiger partial charge < -0.3 is 10.1 Å². The first-order valence-electron chi connectivity index (χ1n) is 6.98. The van der Waals surface area contributed by atoms with E-state index in [1.54, 1.807) is 42.5 Å². The second-order valence-corrected chi connectivity index (χ2v) is 6.41. The quantitative estimate of drug-likeness (QED) is 0.801. The predicted molar refractivity (Wildman–Crippen MR) is 93.6 cm³/mol. The standard InChI is InChI=1S/C17H12ClFN2O2S/c18-13-2-1-3-14(19)12(13)9-23-11-6-4-10(5-7-11)8-15-16(22)21-17(20)24-15/h1-8H,9H2,(H2,20,21,22).